The molecular formula is C64H124O6. The monoisotopic (exact) mass is 989 g/mol. The molecule has 0 heterocycles. The summed E-state index contributed by atoms with van der Waals surface area (Å²) in [5.41, 5.74) is 0. The minimum atomic E-state index is -0.764. The summed E-state index contributed by atoms with van der Waals surface area (Å²) in [6.07, 6.45) is 59.5. The van der Waals surface area contributed by atoms with Crippen molar-refractivity contribution < 1.29 is 28.6 Å². The topological polar surface area (TPSA) is 78.9 Å². The predicted octanol–water partition coefficient (Wildman–Crippen LogP) is 21.1. The number of carbonyl (C=O) groups excluding carboxylic acids is 3. The molecule has 0 aliphatic rings. The highest BCUT2D eigenvalue weighted by Gasteiger charge is 2.19. The summed E-state index contributed by atoms with van der Waals surface area (Å²) in [6.45, 7) is 13.8. The first-order valence-corrected chi connectivity index (χ1v) is 31.6. The van der Waals surface area contributed by atoms with E-state index in [1.807, 2.05) is 0 Å². The predicted molar refractivity (Wildman–Crippen MR) is 303 cm³/mol. The fourth-order valence-corrected chi connectivity index (χ4v) is 9.85. The maximum atomic E-state index is 12.9. The van der Waals surface area contributed by atoms with Gasteiger partial charge in [-0.25, -0.2) is 0 Å². The van der Waals surface area contributed by atoms with Gasteiger partial charge in [0.2, 0.25) is 0 Å². The van der Waals surface area contributed by atoms with E-state index in [0.717, 1.165) is 75.5 Å². The third kappa shape index (κ3) is 55.7. The van der Waals surface area contributed by atoms with Crippen molar-refractivity contribution in [3.05, 3.63) is 0 Å². The summed E-state index contributed by atoms with van der Waals surface area (Å²) < 4.78 is 17.0. The van der Waals surface area contributed by atoms with Gasteiger partial charge >= 0.3 is 17.9 Å². The minimum Gasteiger partial charge on any atom is -0.462 e. The second-order valence-electron chi connectivity index (χ2n) is 23.2. The smallest absolute Gasteiger partial charge is 0.306 e. The lowest BCUT2D eigenvalue weighted by Crippen LogP contribution is -2.30. The molecule has 6 heteroatoms. The van der Waals surface area contributed by atoms with Crippen molar-refractivity contribution >= 4 is 17.9 Å². The van der Waals surface area contributed by atoms with Crippen LogP contribution < -0.4 is 0 Å². The lowest BCUT2D eigenvalue weighted by Gasteiger charge is -2.18. The number of rotatable bonds is 57. The van der Waals surface area contributed by atoms with Crippen molar-refractivity contribution in [3.63, 3.8) is 0 Å². The number of ether oxygens (including phenoxy) is 3. The van der Waals surface area contributed by atoms with Crippen LogP contribution in [-0.4, -0.2) is 37.2 Å². The van der Waals surface area contributed by atoms with Gasteiger partial charge in [0, 0.05) is 19.3 Å². The van der Waals surface area contributed by atoms with Crippen molar-refractivity contribution in [2.75, 3.05) is 13.2 Å². The highest BCUT2D eigenvalue weighted by atomic mass is 16.6. The van der Waals surface area contributed by atoms with Gasteiger partial charge in [-0.1, -0.05) is 318 Å². The molecule has 0 aliphatic carbocycles. The molecule has 0 spiro atoms. The van der Waals surface area contributed by atoms with Gasteiger partial charge in [-0.05, 0) is 37.0 Å². The molecule has 0 rings (SSSR count). The van der Waals surface area contributed by atoms with Gasteiger partial charge in [0.25, 0.3) is 0 Å². The minimum absolute atomic E-state index is 0.0628. The van der Waals surface area contributed by atoms with Crippen LogP contribution in [-0.2, 0) is 28.6 Å². The van der Waals surface area contributed by atoms with E-state index < -0.39 is 6.10 Å². The Morgan fingerprint density at radius 2 is 0.500 bits per heavy atom. The number of unbranched alkanes of at least 4 members (excludes halogenated alkanes) is 39. The van der Waals surface area contributed by atoms with Gasteiger partial charge in [0.1, 0.15) is 13.2 Å². The zero-order valence-electron chi connectivity index (χ0n) is 48.3. The SMILES string of the molecule is CCC(C)CCCCCCCCCCCCC(=O)OC[C@H](COC(=O)CCCCCCCCCCCCCCCCCCC(C)C)OC(=O)CCCCCCCCCCCCCCCCCCC(C)C. The average molecular weight is 990 g/mol. The fraction of sp³-hybridized carbons (Fsp3) is 0.953. The molecule has 0 aliphatic heterocycles. The van der Waals surface area contributed by atoms with Crippen LogP contribution in [0, 0.1) is 17.8 Å². The Bertz CT molecular complexity index is 1090. The van der Waals surface area contributed by atoms with Gasteiger partial charge in [0.15, 0.2) is 6.10 Å². The van der Waals surface area contributed by atoms with Crippen LogP contribution in [0.4, 0.5) is 0 Å². The maximum absolute atomic E-state index is 12.9. The fourth-order valence-electron chi connectivity index (χ4n) is 9.85. The molecule has 0 saturated heterocycles. The molecular weight excluding hydrogens is 865 g/mol. The van der Waals surface area contributed by atoms with Crippen LogP contribution in [0.25, 0.3) is 0 Å². The van der Waals surface area contributed by atoms with Gasteiger partial charge in [-0.15, -0.1) is 0 Å². The van der Waals surface area contributed by atoms with E-state index in [-0.39, 0.29) is 31.1 Å². The third-order valence-electron chi connectivity index (χ3n) is 15.0. The van der Waals surface area contributed by atoms with Crippen LogP contribution >= 0.6 is 0 Å². The van der Waals surface area contributed by atoms with Crippen LogP contribution in [0.3, 0.4) is 0 Å². The first-order valence-electron chi connectivity index (χ1n) is 31.6. The number of esters is 3. The standard InChI is InChI=1S/C64H124O6/c1-7-60(6)52-46-40-34-28-24-25-30-36-42-48-54-63(66)69-57-61(70-64(67)55-49-43-37-31-23-19-15-11-9-13-17-21-27-33-39-45-51-59(4)5)56-68-62(65)53-47-41-35-29-22-18-14-10-8-12-16-20-26-32-38-44-50-58(2)3/h58-61H,7-57H2,1-6H3/t60?,61-/m0/s1. The van der Waals surface area contributed by atoms with E-state index in [1.54, 1.807) is 0 Å². The number of hydrogen-bond acceptors (Lipinski definition) is 6. The molecule has 0 N–H and O–H groups in total. The van der Waals surface area contributed by atoms with Crippen molar-refractivity contribution in [1.29, 1.82) is 0 Å². The van der Waals surface area contributed by atoms with E-state index in [9.17, 15) is 14.4 Å². The molecule has 0 aromatic carbocycles. The molecule has 0 aromatic heterocycles. The summed E-state index contributed by atoms with van der Waals surface area (Å²) in [5, 5.41) is 0. The molecule has 0 aromatic rings. The number of carbonyl (C=O) groups is 3. The lowest BCUT2D eigenvalue weighted by molar-refractivity contribution is -0.167. The van der Waals surface area contributed by atoms with Crippen LogP contribution in [0.1, 0.15) is 356 Å². The van der Waals surface area contributed by atoms with Gasteiger partial charge in [-0.3, -0.25) is 14.4 Å². The highest BCUT2D eigenvalue weighted by Crippen LogP contribution is 2.19. The largest absolute Gasteiger partial charge is 0.462 e. The Morgan fingerprint density at radius 3 is 0.743 bits per heavy atom. The third-order valence-corrected chi connectivity index (χ3v) is 15.0. The first kappa shape index (κ1) is 68.4. The van der Waals surface area contributed by atoms with Crippen LogP contribution in [0.15, 0.2) is 0 Å². The maximum Gasteiger partial charge on any atom is 0.306 e. The second-order valence-corrected chi connectivity index (χ2v) is 23.2. The molecule has 1 unspecified atom stereocenters. The van der Waals surface area contributed by atoms with Crippen LogP contribution in [0.2, 0.25) is 0 Å². The molecule has 0 saturated carbocycles. The Kier molecular flexibility index (Phi) is 53.9. The molecule has 0 bridgehead atoms. The second kappa shape index (κ2) is 55.2. The van der Waals surface area contributed by atoms with E-state index in [2.05, 4.69) is 41.5 Å². The Morgan fingerprint density at radius 1 is 0.286 bits per heavy atom. The molecule has 2 atom stereocenters. The Hall–Kier alpha value is -1.59. The zero-order valence-corrected chi connectivity index (χ0v) is 48.3. The Labute approximate surface area is 438 Å². The van der Waals surface area contributed by atoms with E-state index in [4.69, 9.17) is 14.2 Å². The van der Waals surface area contributed by atoms with Crippen molar-refractivity contribution in [3.8, 4) is 0 Å². The van der Waals surface area contributed by atoms with Crippen LogP contribution in [0.5, 0.6) is 0 Å². The normalized spacial score (nSPS) is 12.5. The van der Waals surface area contributed by atoms with Gasteiger partial charge < -0.3 is 14.2 Å². The zero-order chi connectivity index (χ0) is 51.2. The lowest BCUT2D eigenvalue weighted by atomic mass is 9.99. The molecule has 416 valence electrons. The first-order chi connectivity index (χ1) is 34.1. The van der Waals surface area contributed by atoms with E-state index >= 15 is 0 Å². The summed E-state index contributed by atoms with van der Waals surface area (Å²) >= 11 is 0. The molecule has 0 amide bonds. The molecule has 6 nitrogen and oxygen atoms in total. The highest BCUT2D eigenvalue weighted by molar-refractivity contribution is 5.71. The van der Waals surface area contributed by atoms with E-state index in [0.29, 0.717) is 19.3 Å². The molecule has 70 heavy (non-hydrogen) atoms. The van der Waals surface area contributed by atoms with Gasteiger partial charge in [-0.2, -0.15) is 0 Å². The quantitative estimate of drug-likeness (QED) is 0.0343. The summed E-state index contributed by atoms with van der Waals surface area (Å²) in [6, 6.07) is 0. The van der Waals surface area contributed by atoms with Crippen molar-refractivity contribution in [2.24, 2.45) is 17.8 Å². The van der Waals surface area contributed by atoms with Crippen molar-refractivity contribution in [1.82, 2.24) is 0 Å². The molecule has 0 radical (unpaired) electrons. The van der Waals surface area contributed by atoms with Gasteiger partial charge in [0.05, 0.1) is 0 Å². The summed E-state index contributed by atoms with van der Waals surface area (Å²) in [7, 11) is 0. The van der Waals surface area contributed by atoms with E-state index in [1.165, 1.54) is 238 Å². The Balaban J connectivity index is 4.28. The average Bonchev–Trinajstić information content (AvgIpc) is 3.33. The summed E-state index contributed by atoms with van der Waals surface area (Å²) in [4.78, 5) is 38.3. The van der Waals surface area contributed by atoms with Crippen molar-refractivity contribution in [2.45, 2.75) is 362 Å². The summed E-state index contributed by atoms with van der Waals surface area (Å²) in [5.74, 6) is 1.74. The number of hydrogen-bond donors (Lipinski definition) is 0. The molecule has 0 fully saturated rings.